The maximum absolute atomic E-state index is 8.03. The second-order valence-electron chi connectivity index (χ2n) is 1.02. The van der Waals surface area contributed by atoms with E-state index in [-0.39, 0.29) is 4.83 Å². The third kappa shape index (κ3) is 4.02. The summed E-state index contributed by atoms with van der Waals surface area (Å²) >= 11 is 3.19. The van der Waals surface area contributed by atoms with Crippen LogP contribution in [0, 0.1) is 0 Å². The molecule has 36 valence electrons. The number of allylic oxidation sites excluding steroid dienone is 1. The fourth-order valence-electron chi connectivity index (χ4n) is 0.119. The lowest BCUT2D eigenvalue weighted by atomic mass is 10.5. The van der Waals surface area contributed by atoms with Gasteiger partial charge < -0.3 is 5.11 Å². The molecule has 0 aromatic heterocycles. The van der Waals surface area contributed by atoms with E-state index in [0.717, 1.165) is 6.26 Å². The molecule has 6 heavy (non-hydrogen) atoms. The van der Waals surface area contributed by atoms with Crippen LogP contribution in [0.1, 0.15) is 6.92 Å². The quantitative estimate of drug-likeness (QED) is 0.447. The highest BCUT2D eigenvalue weighted by molar-refractivity contribution is 9.09. The van der Waals surface area contributed by atoms with Gasteiger partial charge in [0.05, 0.1) is 6.26 Å². The molecule has 1 nitrogen and oxygen atoms in total. The number of hydrogen-bond acceptors (Lipinski definition) is 1. The lowest BCUT2D eigenvalue weighted by molar-refractivity contribution is 0.471. The molecule has 0 bridgehead atoms. The van der Waals surface area contributed by atoms with E-state index in [0.29, 0.717) is 0 Å². The van der Waals surface area contributed by atoms with Gasteiger partial charge in [0.15, 0.2) is 0 Å². The fraction of sp³-hybridized carbons (Fsp3) is 0.500. The minimum Gasteiger partial charge on any atom is -0.516 e. The van der Waals surface area contributed by atoms with Crippen molar-refractivity contribution in [2.75, 3.05) is 0 Å². The summed E-state index contributed by atoms with van der Waals surface area (Å²) in [6, 6.07) is 0. The molecule has 0 aromatic rings. The zero-order valence-electron chi connectivity index (χ0n) is 3.56. The Labute approximate surface area is 45.8 Å². The molecule has 1 atom stereocenters. The van der Waals surface area contributed by atoms with Crippen LogP contribution in [0.2, 0.25) is 0 Å². The van der Waals surface area contributed by atoms with Crippen molar-refractivity contribution in [2.45, 2.75) is 11.8 Å². The van der Waals surface area contributed by atoms with Crippen molar-refractivity contribution in [3.05, 3.63) is 12.3 Å². The second-order valence-corrected chi connectivity index (χ2v) is 2.46. The standard InChI is InChI=1S/C4H7BrO/c1-4(5)2-3-6/h2-4,6H,1H3/b3-2+. The van der Waals surface area contributed by atoms with E-state index in [1.54, 1.807) is 6.08 Å². The summed E-state index contributed by atoms with van der Waals surface area (Å²) in [5.41, 5.74) is 0. The molecular weight excluding hydrogens is 144 g/mol. The molecule has 1 unspecified atom stereocenters. The Bertz CT molecular complexity index is 49.5. The molecule has 0 saturated carbocycles. The average Bonchev–Trinajstić information content (AvgIpc) is 1.35. The molecule has 0 saturated heterocycles. The SMILES string of the molecule is CC(Br)/C=C/O. The van der Waals surface area contributed by atoms with Crippen LogP contribution < -0.4 is 0 Å². The lowest BCUT2D eigenvalue weighted by Gasteiger charge is -1.83. The summed E-state index contributed by atoms with van der Waals surface area (Å²) in [5, 5.41) is 8.03. The Morgan fingerprint density at radius 2 is 2.33 bits per heavy atom. The van der Waals surface area contributed by atoms with E-state index >= 15 is 0 Å². The number of hydrogen-bond donors (Lipinski definition) is 1. The summed E-state index contributed by atoms with van der Waals surface area (Å²) in [5.74, 6) is 0. The zero-order valence-corrected chi connectivity index (χ0v) is 5.14. The fourth-order valence-corrected chi connectivity index (χ4v) is 0.255. The summed E-state index contributed by atoms with van der Waals surface area (Å²) in [6.07, 6.45) is 2.67. The number of aliphatic hydroxyl groups excluding tert-OH is 1. The van der Waals surface area contributed by atoms with Gasteiger partial charge in [-0.15, -0.1) is 0 Å². The number of halogens is 1. The van der Waals surface area contributed by atoms with Crippen LogP contribution >= 0.6 is 15.9 Å². The highest BCUT2D eigenvalue weighted by atomic mass is 79.9. The molecule has 0 rings (SSSR count). The molecule has 0 spiro atoms. The van der Waals surface area contributed by atoms with Gasteiger partial charge >= 0.3 is 0 Å². The monoisotopic (exact) mass is 150 g/mol. The van der Waals surface area contributed by atoms with Gasteiger partial charge in [-0.05, 0) is 13.0 Å². The minimum atomic E-state index is 0.280. The van der Waals surface area contributed by atoms with Crippen molar-refractivity contribution in [3.63, 3.8) is 0 Å². The van der Waals surface area contributed by atoms with Gasteiger partial charge in [0.25, 0.3) is 0 Å². The molecule has 0 aliphatic rings. The Morgan fingerprint density at radius 1 is 1.83 bits per heavy atom. The van der Waals surface area contributed by atoms with E-state index < -0.39 is 0 Å². The van der Waals surface area contributed by atoms with E-state index in [9.17, 15) is 0 Å². The molecule has 0 fully saturated rings. The molecule has 0 aromatic carbocycles. The van der Waals surface area contributed by atoms with Gasteiger partial charge in [0.2, 0.25) is 0 Å². The van der Waals surface area contributed by atoms with Gasteiger partial charge in [-0.25, -0.2) is 0 Å². The van der Waals surface area contributed by atoms with E-state index in [4.69, 9.17) is 5.11 Å². The largest absolute Gasteiger partial charge is 0.516 e. The number of aliphatic hydroxyl groups is 1. The summed E-state index contributed by atoms with van der Waals surface area (Å²) in [6.45, 7) is 1.92. The van der Waals surface area contributed by atoms with E-state index in [2.05, 4.69) is 15.9 Å². The molecular formula is C4H7BrO. The first-order valence-corrected chi connectivity index (χ1v) is 2.64. The number of alkyl halides is 1. The number of rotatable bonds is 1. The molecule has 0 aliphatic heterocycles. The summed E-state index contributed by atoms with van der Waals surface area (Å²) in [7, 11) is 0. The predicted octanol–water partition coefficient (Wildman–Crippen LogP) is 1.84. The van der Waals surface area contributed by atoms with Crippen molar-refractivity contribution in [3.8, 4) is 0 Å². The van der Waals surface area contributed by atoms with Crippen molar-refractivity contribution in [1.82, 2.24) is 0 Å². The maximum Gasteiger partial charge on any atom is 0.0762 e. The first-order chi connectivity index (χ1) is 2.77. The van der Waals surface area contributed by atoms with Crippen LogP contribution in [-0.4, -0.2) is 9.93 Å². The predicted molar refractivity (Wildman–Crippen MR) is 30.2 cm³/mol. The van der Waals surface area contributed by atoms with Gasteiger partial charge in [-0.2, -0.15) is 0 Å². The van der Waals surface area contributed by atoms with Gasteiger partial charge in [0.1, 0.15) is 0 Å². The first-order valence-electron chi connectivity index (χ1n) is 1.72. The van der Waals surface area contributed by atoms with Crippen molar-refractivity contribution >= 4 is 15.9 Å². The van der Waals surface area contributed by atoms with Gasteiger partial charge in [-0.3, -0.25) is 0 Å². The van der Waals surface area contributed by atoms with Gasteiger partial charge in [-0.1, -0.05) is 15.9 Å². The third-order valence-corrected chi connectivity index (χ3v) is 0.656. The molecule has 2 heteroatoms. The minimum absolute atomic E-state index is 0.280. The zero-order chi connectivity index (χ0) is 4.99. The highest BCUT2D eigenvalue weighted by Crippen LogP contribution is 1.95. The van der Waals surface area contributed by atoms with Crippen LogP contribution in [0.5, 0.6) is 0 Å². The smallest absolute Gasteiger partial charge is 0.0762 e. The van der Waals surface area contributed by atoms with Crippen LogP contribution in [0.4, 0.5) is 0 Å². The molecule has 1 N–H and O–H groups in total. The summed E-state index contributed by atoms with van der Waals surface area (Å²) < 4.78 is 0. The summed E-state index contributed by atoms with van der Waals surface area (Å²) in [4.78, 5) is 0.280. The Morgan fingerprint density at radius 3 is 2.33 bits per heavy atom. The first kappa shape index (κ1) is 6.02. The van der Waals surface area contributed by atoms with E-state index in [1.165, 1.54) is 0 Å². The molecule has 0 amide bonds. The maximum atomic E-state index is 8.03. The molecule has 0 aliphatic carbocycles. The van der Waals surface area contributed by atoms with Crippen LogP contribution in [0.15, 0.2) is 12.3 Å². The molecule has 0 heterocycles. The van der Waals surface area contributed by atoms with Crippen LogP contribution in [0.25, 0.3) is 0 Å². The van der Waals surface area contributed by atoms with Crippen molar-refractivity contribution in [2.24, 2.45) is 0 Å². The Balaban J connectivity index is 3.03. The van der Waals surface area contributed by atoms with Gasteiger partial charge in [0, 0.05) is 4.83 Å². The Kier molecular flexibility index (Phi) is 3.23. The topological polar surface area (TPSA) is 20.2 Å². The third-order valence-electron chi connectivity index (χ3n) is 0.351. The molecule has 0 radical (unpaired) electrons. The normalized spacial score (nSPS) is 15.7. The highest BCUT2D eigenvalue weighted by Gasteiger charge is 1.80. The van der Waals surface area contributed by atoms with Crippen LogP contribution in [-0.2, 0) is 0 Å². The van der Waals surface area contributed by atoms with Crippen LogP contribution in [0.3, 0.4) is 0 Å². The Hall–Kier alpha value is 0.0200. The average molecular weight is 151 g/mol. The van der Waals surface area contributed by atoms with E-state index in [1.807, 2.05) is 6.92 Å². The lowest BCUT2D eigenvalue weighted by Crippen LogP contribution is -1.77. The second kappa shape index (κ2) is 3.22. The van der Waals surface area contributed by atoms with Crippen molar-refractivity contribution in [1.29, 1.82) is 0 Å². The van der Waals surface area contributed by atoms with Crippen molar-refractivity contribution < 1.29 is 5.11 Å².